The number of phenolic OH excluding ortho intramolecular Hbond substituents is 1. The van der Waals surface area contributed by atoms with E-state index in [0.29, 0.717) is 16.1 Å². The van der Waals surface area contributed by atoms with Gasteiger partial charge >= 0.3 is 0 Å². The summed E-state index contributed by atoms with van der Waals surface area (Å²) in [5.41, 5.74) is 7.75. The zero-order valence-electron chi connectivity index (χ0n) is 11.8. The molecular formula is C16H15BrN2O2S. The summed E-state index contributed by atoms with van der Waals surface area (Å²) in [6.45, 7) is 0. The van der Waals surface area contributed by atoms with Gasteiger partial charge in [0.2, 0.25) is 0 Å². The molecule has 0 bridgehead atoms. The van der Waals surface area contributed by atoms with Gasteiger partial charge in [-0.05, 0) is 49.4 Å². The first-order valence-corrected chi connectivity index (χ1v) is 8.64. The molecule has 114 valence electrons. The first-order chi connectivity index (χ1) is 10.6. The number of carbonyl (C=O) groups is 1. The molecule has 2 aromatic rings. The summed E-state index contributed by atoms with van der Waals surface area (Å²) in [6, 6.07) is 5.13. The fourth-order valence-electron chi connectivity index (χ4n) is 2.65. The number of amides is 1. The molecular weight excluding hydrogens is 364 g/mol. The van der Waals surface area contributed by atoms with Gasteiger partial charge in [-0.3, -0.25) is 4.79 Å². The smallest absolute Gasteiger partial charge is 0.252 e. The topological polar surface area (TPSA) is 75.7 Å². The fourth-order valence-corrected chi connectivity index (χ4v) is 4.27. The van der Waals surface area contributed by atoms with Crippen LogP contribution in [0.4, 0.5) is 5.00 Å². The Balaban J connectivity index is 2.01. The third-order valence-electron chi connectivity index (χ3n) is 3.71. The van der Waals surface area contributed by atoms with Crippen LogP contribution in [-0.2, 0) is 12.8 Å². The van der Waals surface area contributed by atoms with Crippen molar-refractivity contribution in [3.63, 3.8) is 0 Å². The molecule has 0 unspecified atom stereocenters. The third-order valence-corrected chi connectivity index (χ3v) is 5.40. The molecule has 1 aromatic carbocycles. The maximum absolute atomic E-state index is 11.8. The van der Waals surface area contributed by atoms with Crippen LogP contribution in [0.2, 0.25) is 0 Å². The lowest BCUT2D eigenvalue weighted by Crippen LogP contribution is -2.14. The Kier molecular flexibility index (Phi) is 4.31. The number of rotatable bonds is 3. The van der Waals surface area contributed by atoms with Gasteiger partial charge in [0, 0.05) is 21.1 Å². The molecule has 0 saturated heterocycles. The minimum atomic E-state index is -0.426. The molecule has 1 aromatic heterocycles. The van der Waals surface area contributed by atoms with Gasteiger partial charge in [-0.25, -0.2) is 4.99 Å². The van der Waals surface area contributed by atoms with Crippen molar-refractivity contribution >= 4 is 44.4 Å². The Bertz CT molecular complexity index is 768. The number of thiophene rings is 1. The van der Waals surface area contributed by atoms with Crippen LogP contribution in [0.3, 0.4) is 0 Å². The highest BCUT2D eigenvalue weighted by molar-refractivity contribution is 9.10. The molecule has 0 aliphatic heterocycles. The van der Waals surface area contributed by atoms with Gasteiger partial charge < -0.3 is 10.8 Å². The predicted octanol–water partition coefficient (Wildman–Crippen LogP) is 3.94. The number of nitrogens with zero attached hydrogens (tertiary/aromatic N) is 1. The molecule has 6 heteroatoms. The number of aliphatic imine (C=N–C) groups is 1. The average molecular weight is 379 g/mol. The van der Waals surface area contributed by atoms with E-state index in [0.717, 1.165) is 35.7 Å². The normalized spacial score (nSPS) is 14.2. The van der Waals surface area contributed by atoms with E-state index in [2.05, 4.69) is 20.9 Å². The molecule has 22 heavy (non-hydrogen) atoms. The second-order valence-electron chi connectivity index (χ2n) is 5.22. The average Bonchev–Trinajstić information content (AvgIpc) is 2.86. The van der Waals surface area contributed by atoms with Crippen LogP contribution >= 0.6 is 27.3 Å². The Morgan fingerprint density at radius 1 is 1.36 bits per heavy atom. The van der Waals surface area contributed by atoms with E-state index in [1.54, 1.807) is 24.4 Å². The molecule has 0 fully saturated rings. The molecule has 0 spiro atoms. The molecule has 3 N–H and O–H groups in total. The first-order valence-electron chi connectivity index (χ1n) is 7.03. The molecule has 0 radical (unpaired) electrons. The molecule has 1 heterocycles. The van der Waals surface area contributed by atoms with Crippen molar-refractivity contribution in [3.8, 4) is 5.75 Å². The van der Waals surface area contributed by atoms with Crippen molar-refractivity contribution in [3.05, 3.63) is 44.2 Å². The Morgan fingerprint density at radius 2 is 2.14 bits per heavy atom. The van der Waals surface area contributed by atoms with Crippen LogP contribution in [0.25, 0.3) is 0 Å². The second kappa shape index (κ2) is 6.22. The maximum atomic E-state index is 11.8. The van der Waals surface area contributed by atoms with Crippen molar-refractivity contribution in [1.82, 2.24) is 0 Å². The second-order valence-corrected chi connectivity index (χ2v) is 7.22. The van der Waals surface area contributed by atoms with Crippen molar-refractivity contribution in [2.75, 3.05) is 0 Å². The highest BCUT2D eigenvalue weighted by Gasteiger charge is 2.23. The van der Waals surface area contributed by atoms with Crippen LogP contribution in [0.1, 0.15) is 39.2 Å². The predicted molar refractivity (Wildman–Crippen MR) is 92.5 cm³/mol. The summed E-state index contributed by atoms with van der Waals surface area (Å²) in [4.78, 5) is 17.4. The van der Waals surface area contributed by atoms with Gasteiger partial charge in [0.05, 0.1) is 5.56 Å². The Morgan fingerprint density at radius 3 is 2.91 bits per heavy atom. The third kappa shape index (κ3) is 2.94. The molecule has 0 saturated carbocycles. The summed E-state index contributed by atoms with van der Waals surface area (Å²) in [6.07, 6.45) is 5.67. The molecule has 4 nitrogen and oxygen atoms in total. The zero-order chi connectivity index (χ0) is 15.7. The number of primary amides is 1. The number of carbonyl (C=O) groups excluding carboxylic acids is 1. The van der Waals surface area contributed by atoms with Gasteiger partial charge in [0.15, 0.2) is 0 Å². The highest BCUT2D eigenvalue weighted by atomic mass is 79.9. The standard InChI is InChI=1S/C16H15BrN2O2S/c17-10-5-6-12(20)9(7-10)8-19-16-14(15(18)21)11-3-1-2-4-13(11)22-16/h5-8,20H,1-4H2,(H2,18,21). The van der Waals surface area contributed by atoms with Crippen molar-refractivity contribution < 1.29 is 9.90 Å². The Labute approximate surface area is 140 Å². The minimum absolute atomic E-state index is 0.147. The number of hydrogen-bond donors (Lipinski definition) is 2. The molecule has 1 amide bonds. The van der Waals surface area contributed by atoms with E-state index in [-0.39, 0.29) is 5.75 Å². The number of fused-ring (bicyclic) bond motifs is 1. The van der Waals surface area contributed by atoms with Gasteiger partial charge in [-0.2, -0.15) is 0 Å². The van der Waals surface area contributed by atoms with E-state index in [1.165, 1.54) is 16.2 Å². The van der Waals surface area contributed by atoms with Crippen molar-refractivity contribution in [2.24, 2.45) is 10.7 Å². The summed E-state index contributed by atoms with van der Waals surface area (Å²) >= 11 is 4.89. The van der Waals surface area contributed by atoms with Gasteiger partial charge in [-0.1, -0.05) is 15.9 Å². The number of benzene rings is 1. The Hall–Kier alpha value is -1.66. The molecule has 1 aliphatic carbocycles. The SMILES string of the molecule is NC(=O)c1c(N=Cc2cc(Br)ccc2O)sc2c1CCCC2. The van der Waals surface area contributed by atoms with Crippen LogP contribution in [0, 0.1) is 0 Å². The van der Waals surface area contributed by atoms with Gasteiger partial charge in [-0.15, -0.1) is 11.3 Å². The van der Waals surface area contributed by atoms with Crippen LogP contribution in [0.15, 0.2) is 27.7 Å². The first kappa shape index (κ1) is 15.2. The summed E-state index contributed by atoms with van der Waals surface area (Å²) in [5, 5.41) is 10.5. The van der Waals surface area contributed by atoms with Gasteiger partial charge in [0.25, 0.3) is 5.91 Å². The summed E-state index contributed by atoms with van der Waals surface area (Å²) in [7, 11) is 0. The van der Waals surface area contributed by atoms with E-state index >= 15 is 0 Å². The van der Waals surface area contributed by atoms with Gasteiger partial charge in [0.1, 0.15) is 10.8 Å². The highest BCUT2D eigenvalue weighted by Crippen LogP contribution is 2.39. The number of nitrogens with two attached hydrogens (primary N) is 1. The number of halogens is 1. The maximum Gasteiger partial charge on any atom is 0.252 e. The van der Waals surface area contributed by atoms with E-state index in [4.69, 9.17) is 5.73 Å². The minimum Gasteiger partial charge on any atom is -0.507 e. The van der Waals surface area contributed by atoms with E-state index in [9.17, 15) is 9.90 Å². The summed E-state index contributed by atoms with van der Waals surface area (Å²) in [5.74, 6) is -0.279. The van der Waals surface area contributed by atoms with Crippen molar-refractivity contribution in [1.29, 1.82) is 0 Å². The number of aromatic hydroxyl groups is 1. The molecule has 3 rings (SSSR count). The fraction of sp³-hybridized carbons (Fsp3) is 0.250. The lowest BCUT2D eigenvalue weighted by atomic mass is 9.95. The van der Waals surface area contributed by atoms with E-state index in [1.807, 2.05) is 0 Å². The van der Waals surface area contributed by atoms with Crippen LogP contribution in [-0.4, -0.2) is 17.2 Å². The lowest BCUT2D eigenvalue weighted by molar-refractivity contribution is 0.100. The van der Waals surface area contributed by atoms with Crippen LogP contribution < -0.4 is 5.73 Å². The number of hydrogen-bond acceptors (Lipinski definition) is 4. The van der Waals surface area contributed by atoms with Crippen molar-refractivity contribution in [2.45, 2.75) is 25.7 Å². The lowest BCUT2D eigenvalue weighted by Gasteiger charge is -2.10. The molecule has 0 atom stereocenters. The quantitative estimate of drug-likeness (QED) is 0.793. The number of aryl methyl sites for hydroxylation is 1. The summed E-state index contributed by atoms with van der Waals surface area (Å²) < 4.78 is 0.854. The largest absolute Gasteiger partial charge is 0.507 e. The number of phenols is 1. The van der Waals surface area contributed by atoms with Crippen LogP contribution in [0.5, 0.6) is 5.75 Å². The molecule has 1 aliphatic rings. The monoisotopic (exact) mass is 378 g/mol. The zero-order valence-corrected chi connectivity index (χ0v) is 14.2. The van der Waals surface area contributed by atoms with E-state index < -0.39 is 5.91 Å².